The highest BCUT2D eigenvalue weighted by Crippen LogP contribution is 2.40. The number of unbranched alkanes of at least 4 members (excludes halogenated alkanes) is 13. The molecule has 1 rings (SSSR count). The van der Waals surface area contributed by atoms with Gasteiger partial charge in [0.2, 0.25) is 5.91 Å². The molecule has 1 fully saturated rings. The van der Waals surface area contributed by atoms with Crippen molar-refractivity contribution in [3.8, 4) is 0 Å². The summed E-state index contributed by atoms with van der Waals surface area (Å²) in [5, 5.41) is 24.0. The van der Waals surface area contributed by atoms with E-state index in [0.29, 0.717) is 19.4 Å². The molecule has 8 nitrogen and oxygen atoms in total. The van der Waals surface area contributed by atoms with Crippen LogP contribution in [0.1, 0.15) is 137 Å². The quantitative estimate of drug-likeness (QED) is 0.0707. The molecule has 3 N–H and O–H groups in total. The van der Waals surface area contributed by atoms with E-state index in [2.05, 4.69) is 46.1 Å². The van der Waals surface area contributed by atoms with Crippen molar-refractivity contribution >= 4 is 14.2 Å². The maximum absolute atomic E-state index is 12.2. The molecule has 0 aliphatic carbocycles. The fourth-order valence-electron chi connectivity index (χ4n) is 5.73. The molecule has 262 valence electrons. The number of aliphatic hydroxyl groups is 2. The lowest BCUT2D eigenvalue weighted by Crippen LogP contribution is -2.67. The normalized spacial score (nSPS) is 23.5. The van der Waals surface area contributed by atoms with E-state index in [1.165, 1.54) is 90.4 Å². The van der Waals surface area contributed by atoms with Crippen LogP contribution in [0.3, 0.4) is 0 Å². The van der Waals surface area contributed by atoms with Crippen molar-refractivity contribution in [3.05, 3.63) is 0 Å². The predicted molar refractivity (Wildman–Crippen MR) is 183 cm³/mol. The van der Waals surface area contributed by atoms with Crippen molar-refractivity contribution in [2.24, 2.45) is 0 Å². The van der Waals surface area contributed by atoms with Crippen molar-refractivity contribution in [2.45, 2.75) is 192 Å². The van der Waals surface area contributed by atoms with Crippen molar-refractivity contribution in [1.29, 1.82) is 0 Å². The van der Waals surface area contributed by atoms with Crippen LogP contribution in [0.2, 0.25) is 18.1 Å². The van der Waals surface area contributed by atoms with Crippen LogP contribution in [-0.4, -0.2) is 87.9 Å². The minimum atomic E-state index is -2.29. The van der Waals surface area contributed by atoms with Crippen LogP contribution >= 0.6 is 0 Å². The molecule has 1 aliphatic rings. The summed E-state index contributed by atoms with van der Waals surface area (Å²) in [4.78, 5) is 12.2. The summed E-state index contributed by atoms with van der Waals surface area (Å²) < 4.78 is 24.5. The van der Waals surface area contributed by atoms with Crippen molar-refractivity contribution in [2.75, 3.05) is 26.9 Å². The maximum atomic E-state index is 12.2. The molecule has 2 unspecified atom stereocenters. The van der Waals surface area contributed by atoms with Crippen molar-refractivity contribution in [1.82, 2.24) is 5.32 Å². The summed E-state index contributed by atoms with van der Waals surface area (Å²) in [6.45, 7) is 15.3. The van der Waals surface area contributed by atoms with Gasteiger partial charge in [0.1, 0.15) is 12.2 Å². The number of rotatable bonds is 25. The third kappa shape index (κ3) is 16.3. The Kier molecular flexibility index (Phi) is 21.6. The van der Waals surface area contributed by atoms with E-state index in [-0.39, 0.29) is 23.7 Å². The second-order valence-corrected chi connectivity index (χ2v) is 19.3. The SMILES string of the molecule is CCCCCCCCCCCCCCCCOC[C@H](CC[C@@H]1OC(CO)[C@@H](O)[C@H](O[Si](C)(C)C(C)(C)C)C1NC(C)=O)OC. The third-order valence-electron chi connectivity index (χ3n) is 9.66. The van der Waals surface area contributed by atoms with Gasteiger partial charge in [-0.25, -0.2) is 0 Å². The van der Waals surface area contributed by atoms with Crippen LogP contribution in [0.5, 0.6) is 0 Å². The zero-order valence-corrected chi connectivity index (χ0v) is 30.8. The Balaban J connectivity index is 2.42. The number of hydrogen-bond donors (Lipinski definition) is 3. The Hall–Kier alpha value is -0.553. The number of carbonyl (C=O) groups excluding carboxylic acids is 1. The highest BCUT2D eigenvalue weighted by atomic mass is 28.4. The van der Waals surface area contributed by atoms with Gasteiger partial charge in [-0.1, -0.05) is 111 Å². The molecule has 1 heterocycles. The summed E-state index contributed by atoms with van der Waals surface area (Å²) >= 11 is 0. The van der Waals surface area contributed by atoms with Crippen LogP contribution in [0.15, 0.2) is 0 Å². The van der Waals surface area contributed by atoms with Gasteiger partial charge < -0.3 is 34.2 Å². The first kappa shape index (κ1) is 41.5. The highest BCUT2D eigenvalue weighted by molar-refractivity contribution is 6.74. The fraction of sp³-hybridized carbons (Fsp3) is 0.971. The summed E-state index contributed by atoms with van der Waals surface area (Å²) in [5.41, 5.74) is 0. The van der Waals surface area contributed by atoms with Gasteiger partial charge in [0.05, 0.1) is 37.6 Å². The number of methoxy groups -OCH3 is 1. The molecular formula is C35H71NO7Si. The van der Waals surface area contributed by atoms with E-state index < -0.39 is 38.8 Å². The Morgan fingerprint density at radius 1 is 0.909 bits per heavy atom. The van der Waals surface area contributed by atoms with Crippen LogP contribution in [0, 0.1) is 0 Å². The number of carbonyl (C=O) groups is 1. The number of aliphatic hydroxyl groups excluding tert-OH is 2. The molecule has 0 saturated carbocycles. The zero-order chi connectivity index (χ0) is 33.0. The van der Waals surface area contributed by atoms with Crippen LogP contribution < -0.4 is 5.32 Å². The van der Waals surface area contributed by atoms with Crippen LogP contribution in [-0.2, 0) is 23.4 Å². The highest BCUT2D eigenvalue weighted by Gasteiger charge is 2.50. The second-order valence-electron chi connectivity index (χ2n) is 14.6. The monoisotopic (exact) mass is 645 g/mol. The summed E-state index contributed by atoms with van der Waals surface area (Å²) in [5.74, 6) is -0.207. The molecule has 0 aromatic carbocycles. The third-order valence-corrected chi connectivity index (χ3v) is 14.1. The first-order chi connectivity index (χ1) is 20.9. The lowest BCUT2D eigenvalue weighted by Gasteiger charge is -2.49. The summed E-state index contributed by atoms with van der Waals surface area (Å²) in [6.07, 6.45) is 16.9. The molecule has 0 radical (unpaired) electrons. The van der Waals surface area contributed by atoms with E-state index >= 15 is 0 Å². The molecule has 44 heavy (non-hydrogen) atoms. The van der Waals surface area contributed by atoms with E-state index in [9.17, 15) is 15.0 Å². The summed E-state index contributed by atoms with van der Waals surface area (Å²) in [7, 11) is -0.601. The average molecular weight is 646 g/mol. The van der Waals surface area contributed by atoms with E-state index in [1.54, 1.807) is 7.11 Å². The van der Waals surface area contributed by atoms with Crippen LogP contribution in [0.25, 0.3) is 0 Å². The smallest absolute Gasteiger partial charge is 0.217 e. The van der Waals surface area contributed by atoms with Gasteiger partial charge in [0.25, 0.3) is 0 Å². The predicted octanol–water partition coefficient (Wildman–Crippen LogP) is 7.30. The first-order valence-corrected chi connectivity index (χ1v) is 20.8. The van der Waals surface area contributed by atoms with Gasteiger partial charge in [-0.3, -0.25) is 4.79 Å². The lowest BCUT2D eigenvalue weighted by atomic mass is 9.90. The standard InChI is InChI=1S/C35H71NO7Si/c1-9-10-11-12-13-14-15-16-17-18-19-20-21-22-25-41-27-29(40-6)23-24-30-32(36-28(2)38)34(33(39)31(26-37)42-30)43-44(7,8)35(3,4)5/h29-34,37,39H,9-27H2,1-8H3,(H,36,38)/t29-,30-,31?,32?,33+,34+/m0/s1. The van der Waals surface area contributed by atoms with Gasteiger partial charge in [0.15, 0.2) is 8.32 Å². The molecule has 1 amide bonds. The summed E-state index contributed by atoms with van der Waals surface area (Å²) in [6, 6.07) is -0.534. The zero-order valence-electron chi connectivity index (χ0n) is 29.8. The molecule has 1 aliphatic heterocycles. The Bertz CT molecular complexity index is 732. The maximum Gasteiger partial charge on any atom is 0.217 e. The van der Waals surface area contributed by atoms with E-state index in [1.807, 2.05) is 0 Å². The van der Waals surface area contributed by atoms with Gasteiger partial charge in [0, 0.05) is 20.6 Å². The van der Waals surface area contributed by atoms with Gasteiger partial charge in [-0.05, 0) is 37.4 Å². The molecule has 0 spiro atoms. The van der Waals surface area contributed by atoms with E-state index in [0.717, 1.165) is 13.0 Å². The lowest BCUT2D eigenvalue weighted by molar-refractivity contribution is -0.194. The van der Waals surface area contributed by atoms with Crippen LogP contribution in [0.4, 0.5) is 0 Å². The topological polar surface area (TPSA) is 106 Å². The number of ether oxygens (including phenoxy) is 3. The largest absolute Gasteiger partial charge is 0.409 e. The minimum absolute atomic E-state index is 0.0819. The number of nitrogens with one attached hydrogen (secondary N) is 1. The van der Waals surface area contributed by atoms with Gasteiger partial charge >= 0.3 is 0 Å². The molecule has 9 heteroatoms. The molecule has 1 saturated heterocycles. The van der Waals surface area contributed by atoms with Gasteiger partial charge in [-0.15, -0.1) is 0 Å². The van der Waals surface area contributed by atoms with Crippen molar-refractivity contribution < 1.29 is 33.6 Å². The molecule has 0 bridgehead atoms. The Labute approximate surface area is 271 Å². The Morgan fingerprint density at radius 2 is 1.43 bits per heavy atom. The molecular weight excluding hydrogens is 574 g/mol. The number of amides is 1. The van der Waals surface area contributed by atoms with Gasteiger partial charge in [-0.2, -0.15) is 0 Å². The Morgan fingerprint density at radius 3 is 1.89 bits per heavy atom. The molecule has 0 aromatic heterocycles. The van der Waals surface area contributed by atoms with E-state index in [4.69, 9.17) is 18.6 Å². The molecule has 0 aromatic rings. The number of hydrogen-bond acceptors (Lipinski definition) is 7. The minimum Gasteiger partial charge on any atom is -0.409 e. The molecule has 6 atom stereocenters. The van der Waals surface area contributed by atoms with Crippen molar-refractivity contribution in [3.63, 3.8) is 0 Å². The second kappa shape index (κ2) is 22.9. The average Bonchev–Trinajstić information content (AvgIpc) is 2.96. The first-order valence-electron chi connectivity index (χ1n) is 17.9. The fourth-order valence-corrected chi connectivity index (χ4v) is 7.05.